The molecule has 0 aliphatic rings. The van der Waals surface area contributed by atoms with Crippen molar-refractivity contribution >= 4 is 11.7 Å². The maximum Gasteiger partial charge on any atom is 0.360 e. The van der Waals surface area contributed by atoms with Crippen LogP contribution in [0.1, 0.15) is 16.2 Å². The molecule has 1 aromatic carbocycles. The third-order valence-corrected chi connectivity index (χ3v) is 2.51. The molecule has 98 valence electrons. The molecule has 0 saturated carbocycles. The van der Waals surface area contributed by atoms with Crippen LogP contribution >= 0.6 is 0 Å². The van der Waals surface area contributed by atoms with Gasteiger partial charge in [-0.2, -0.15) is 0 Å². The molecule has 7 heteroatoms. The lowest BCUT2D eigenvalue weighted by Crippen LogP contribution is -2.03. The lowest BCUT2D eigenvalue weighted by Gasteiger charge is -1.97. The predicted octanol–water partition coefficient (Wildman–Crippen LogP) is 2.34. The highest BCUT2D eigenvalue weighted by Crippen LogP contribution is 2.30. The number of rotatable bonds is 3. The van der Waals surface area contributed by atoms with Gasteiger partial charge in [-0.15, -0.1) is 0 Å². The number of hydrogen-bond donors (Lipinski definition) is 0. The van der Waals surface area contributed by atoms with Crippen LogP contribution in [0.25, 0.3) is 11.5 Å². The summed E-state index contributed by atoms with van der Waals surface area (Å²) in [6.45, 7) is 1.54. The van der Waals surface area contributed by atoms with Gasteiger partial charge in [0.1, 0.15) is 11.3 Å². The van der Waals surface area contributed by atoms with Crippen LogP contribution in [-0.4, -0.2) is 23.0 Å². The highest BCUT2D eigenvalue weighted by Gasteiger charge is 2.23. The Balaban J connectivity index is 2.55. The quantitative estimate of drug-likeness (QED) is 0.478. The summed E-state index contributed by atoms with van der Waals surface area (Å²) >= 11 is 0. The molecule has 2 aromatic rings. The van der Waals surface area contributed by atoms with Crippen LogP contribution in [0.15, 0.2) is 28.7 Å². The Morgan fingerprint density at radius 2 is 2.11 bits per heavy atom. The van der Waals surface area contributed by atoms with Crippen LogP contribution in [0.2, 0.25) is 0 Å². The van der Waals surface area contributed by atoms with E-state index in [1.165, 1.54) is 26.2 Å². The Morgan fingerprint density at radius 1 is 1.42 bits per heavy atom. The highest BCUT2D eigenvalue weighted by atomic mass is 16.6. The third kappa shape index (κ3) is 2.30. The predicted molar refractivity (Wildman–Crippen MR) is 64.7 cm³/mol. The van der Waals surface area contributed by atoms with Crippen LogP contribution in [0.5, 0.6) is 0 Å². The first-order chi connectivity index (χ1) is 9.04. The SMILES string of the molecule is COC(=O)c1nc(-c2ccccc2[N+](=O)[O-])oc1C. The number of hydrogen-bond acceptors (Lipinski definition) is 6. The highest BCUT2D eigenvalue weighted by molar-refractivity contribution is 5.89. The first kappa shape index (κ1) is 12.7. The van der Waals surface area contributed by atoms with Gasteiger partial charge in [-0.1, -0.05) is 12.1 Å². The maximum atomic E-state index is 11.4. The molecule has 0 bridgehead atoms. The average Bonchev–Trinajstić information content (AvgIpc) is 2.79. The Morgan fingerprint density at radius 3 is 2.74 bits per heavy atom. The second-order valence-corrected chi connectivity index (χ2v) is 3.69. The largest absolute Gasteiger partial charge is 0.464 e. The van der Waals surface area contributed by atoms with E-state index in [9.17, 15) is 14.9 Å². The lowest BCUT2D eigenvalue weighted by molar-refractivity contribution is -0.384. The molecule has 0 saturated heterocycles. The van der Waals surface area contributed by atoms with Crippen molar-refractivity contribution in [3.05, 3.63) is 45.8 Å². The summed E-state index contributed by atoms with van der Waals surface area (Å²) in [5.74, 6) is -0.378. The van der Waals surface area contributed by atoms with Gasteiger partial charge in [-0.3, -0.25) is 10.1 Å². The van der Waals surface area contributed by atoms with Gasteiger partial charge in [0.05, 0.1) is 12.0 Å². The van der Waals surface area contributed by atoms with Crippen molar-refractivity contribution in [3.8, 4) is 11.5 Å². The molecule has 0 radical (unpaired) electrons. The Labute approximate surface area is 108 Å². The number of para-hydroxylation sites is 1. The summed E-state index contributed by atoms with van der Waals surface area (Å²) in [6.07, 6.45) is 0. The molecule has 0 N–H and O–H groups in total. The number of carbonyl (C=O) groups excluding carboxylic acids is 1. The maximum absolute atomic E-state index is 11.4. The summed E-state index contributed by atoms with van der Waals surface area (Å²) in [7, 11) is 1.22. The molecule has 0 fully saturated rings. The number of aryl methyl sites for hydroxylation is 1. The summed E-state index contributed by atoms with van der Waals surface area (Å²) < 4.78 is 9.85. The minimum Gasteiger partial charge on any atom is -0.464 e. The zero-order chi connectivity index (χ0) is 14.0. The van der Waals surface area contributed by atoms with Crippen molar-refractivity contribution in [1.82, 2.24) is 4.98 Å². The second-order valence-electron chi connectivity index (χ2n) is 3.69. The molecule has 0 amide bonds. The van der Waals surface area contributed by atoms with Gasteiger partial charge >= 0.3 is 5.97 Å². The molecule has 2 rings (SSSR count). The number of oxazole rings is 1. The van der Waals surface area contributed by atoms with Crippen molar-refractivity contribution < 1.29 is 18.9 Å². The van der Waals surface area contributed by atoms with E-state index < -0.39 is 10.9 Å². The Kier molecular flexibility index (Phi) is 3.28. The molecule has 1 heterocycles. The normalized spacial score (nSPS) is 10.2. The van der Waals surface area contributed by atoms with Crippen molar-refractivity contribution in [3.63, 3.8) is 0 Å². The minimum absolute atomic E-state index is 0.00986. The van der Waals surface area contributed by atoms with Gasteiger partial charge < -0.3 is 9.15 Å². The summed E-state index contributed by atoms with van der Waals surface area (Å²) in [4.78, 5) is 25.8. The van der Waals surface area contributed by atoms with E-state index in [4.69, 9.17) is 4.42 Å². The number of esters is 1. The van der Waals surface area contributed by atoms with Gasteiger partial charge in [0.15, 0.2) is 5.69 Å². The van der Waals surface area contributed by atoms with Crippen molar-refractivity contribution in [2.24, 2.45) is 0 Å². The van der Waals surface area contributed by atoms with Crippen molar-refractivity contribution in [2.75, 3.05) is 7.11 Å². The second kappa shape index (κ2) is 4.89. The molecule has 0 aliphatic heterocycles. The van der Waals surface area contributed by atoms with E-state index in [0.717, 1.165) is 0 Å². The number of ether oxygens (including phenoxy) is 1. The van der Waals surface area contributed by atoms with E-state index in [0.29, 0.717) is 0 Å². The monoisotopic (exact) mass is 262 g/mol. The van der Waals surface area contributed by atoms with E-state index in [2.05, 4.69) is 9.72 Å². The number of nitrogens with zero attached hydrogens (tertiary/aromatic N) is 2. The third-order valence-electron chi connectivity index (χ3n) is 2.51. The van der Waals surface area contributed by atoms with Crippen LogP contribution in [0.4, 0.5) is 5.69 Å². The Hall–Kier alpha value is -2.70. The van der Waals surface area contributed by atoms with E-state index in [1.54, 1.807) is 12.1 Å². The number of methoxy groups -OCH3 is 1. The zero-order valence-corrected chi connectivity index (χ0v) is 10.2. The minimum atomic E-state index is -0.647. The molecule has 0 aliphatic carbocycles. The fraction of sp³-hybridized carbons (Fsp3) is 0.167. The number of nitro groups is 1. The van der Waals surface area contributed by atoms with Gasteiger partial charge in [0.25, 0.3) is 5.69 Å². The molecule has 0 unspecified atom stereocenters. The fourth-order valence-electron chi connectivity index (χ4n) is 1.61. The molecular weight excluding hydrogens is 252 g/mol. The zero-order valence-electron chi connectivity index (χ0n) is 10.2. The van der Waals surface area contributed by atoms with Crippen LogP contribution < -0.4 is 0 Å². The first-order valence-electron chi connectivity index (χ1n) is 5.34. The lowest BCUT2D eigenvalue weighted by atomic mass is 10.2. The van der Waals surface area contributed by atoms with E-state index in [1.807, 2.05) is 0 Å². The van der Waals surface area contributed by atoms with Gasteiger partial charge in [-0.25, -0.2) is 9.78 Å². The van der Waals surface area contributed by atoms with Gasteiger partial charge in [0, 0.05) is 6.07 Å². The van der Waals surface area contributed by atoms with Gasteiger partial charge in [-0.05, 0) is 13.0 Å². The van der Waals surface area contributed by atoms with E-state index in [-0.39, 0.29) is 28.6 Å². The van der Waals surface area contributed by atoms with Crippen molar-refractivity contribution in [1.29, 1.82) is 0 Å². The summed E-state index contributed by atoms with van der Waals surface area (Å²) in [5, 5.41) is 10.9. The number of aromatic nitrogens is 1. The molecule has 0 spiro atoms. The number of nitro benzene ring substituents is 1. The average molecular weight is 262 g/mol. The number of benzene rings is 1. The van der Waals surface area contributed by atoms with Gasteiger partial charge in [0.2, 0.25) is 5.89 Å². The standard InChI is InChI=1S/C12H10N2O5/c1-7-10(12(15)18-2)13-11(19-7)8-5-3-4-6-9(8)14(16)17/h3-6H,1-2H3. The topological polar surface area (TPSA) is 95.5 Å². The van der Waals surface area contributed by atoms with Crippen LogP contribution in [0, 0.1) is 17.0 Å². The van der Waals surface area contributed by atoms with Crippen molar-refractivity contribution in [2.45, 2.75) is 6.92 Å². The molecular formula is C12H10N2O5. The summed E-state index contributed by atoms with van der Waals surface area (Å²) in [6, 6.07) is 6.01. The Bertz CT molecular complexity index is 647. The molecule has 0 atom stereocenters. The molecule has 19 heavy (non-hydrogen) atoms. The van der Waals surface area contributed by atoms with Crippen LogP contribution in [-0.2, 0) is 4.74 Å². The first-order valence-corrected chi connectivity index (χ1v) is 5.34. The molecule has 7 nitrogen and oxygen atoms in total. The summed E-state index contributed by atoms with van der Waals surface area (Å²) in [5.41, 5.74) is 0.0848. The smallest absolute Gasteiger partial charge is 0.360 e. The fourth-order valence-corrected chi connectivity index (χ4v) is 1.61. The van der Waals surface area contributed by atoms with E-state index >= 15 is 0 Å². The number of carbonyl (C=O) groups is 1. The molecule has 1 aromatic heterocycles. The van der Waals surface area contributed by atoms with Crippen LogP contribution in [0.3, 0.4) is 0 Å².